The molecule has 1 atom stereocenters. The average Bonchev–Trinajstić information content (AvgIpc) is 2.92. The number of hydrogen-bond acceptors (Lipinski definition) is 2. The van der Waals surface area contributed by atoms with Gasteiger partial charge < -0.3 is 5.11 Å². The second-order valence-electron chi connectivity index (χ2n) is 11.7. The van der Waals surface area contributed by atoms with E-state index in [2.05, 4.69) is 38.2 Å². The van der Waals surface area contributed by atoms with Crippen molar-refractivity contribution in [3.8, 4) is 0 Å². The van der Waals surface area contributed by atoms with Gasteiger partial charge in [-0.1, -0.05) is 141 Å². The maximum atomic E-state index is 12.5. The first kappa shape index (κ1) is 37.6. The van der Waals surface area contributed by atoms with Crippen molar-refractivity contribution in [3.63, 3.8) is 0 Å². The van der Waals surface area contributed by atoms with E-state index in [1.165, 1.54) is 103 Å². The minimum Gasteiger partial charge on any atom is -0.481 e. The number of Topliss-reactive ketones (excluding diaryl/α,β-unsaturated/α-hetero) is 1. The molecule has 0 saturated heterocycles. The van der Waals surface area contributed by atoms with Gasteiger partial charge in [0.15, 0.2) is 0 Å². The maximum Gasteiger partial charge on any atom is 0.314 e. The second kappa shape index (κ2) is 31.2. The van der Waals surface area contributed by atoms with Gasteiger partial charge >= 0.3 is 5.97 Å². The molecule has 0 bridgehead atoms. The first-order valence-corrected chi connectivity index (χ1v) is 17.2. The Kier molecular flexibility index (Phi) is 30.0. The molecule has 0 aromatic heterocycles. The summed E-state index contributed by atoms with van der Waals surface area (Å²) in [4.78, 5) is 24.1. The zero-order valence-corrected chi connectivity index (χ0v) is 26.2. The lowest BCUT2D eigenvalue weighted by Gasteiger charge is -2.11. The topological polar surface area (TPSA) is 54.4 Å². The second-order valence-corrected chi connectivity index (χ2v) is 11.7. The highest BCUT2D eigenvalue weighted by atomic mass is 16.4. The summed E-state index contributed by atoms with van der Waals surface area (Å²) in [6.45, 7) is 4.52. The fourth-order valence-corrected chi connectivity index (χ4v) is 5.21. The minimum absolute atomic E-state index is 0.0576. The number of carboxylic acids is 1. The van der Waals surface area contributed by atoms with Crippen molar-refractivity contribution < 1.29 is 14.7 Å². The first-order valence-electron chi connectivity index (χ1n) is 17.2. The lowest BCUT2D eigenvalue weighted by molar-refractivity contribution is -0.146. The van der Waals surface area contributed by atoms with Crippen LogP contribution in [0.25, 0.3) is 0 Å². The van der Waals surface area contributed by atoms with Gasteiger partial charge in [-0.05, 0) is 64.2 Å². The van der Waals surface area contributed by atoms with Gasteiger partial charge in [0.2, 0.25) is 0 Å². The van der Waals surface area contributed by atoms with E-state index in [1.54, 1.807) is 0 Å². The molecule has 0 heterocycles. The summed E-state index contributed by atoms with van der Waals surface area (Å²) in [6, 6.07) is 0. The van der Waals surface area contributed by atoms with Crippen molar-refractivity contribution in [2.75, 3.05) is 0 Å². The summed E-state index contributed by atoms with van der Waals surface area (Å²) >= 11 is 0. The van der Waals surface area contributed by atoms with E-state index in [0.717, 1.165) is 57.8 Å². The van der Waals surface area contributed by atoms with E-state index >= 15 is 0 Å². The number of carbonyl (C=O) groups excluding carboxylic acids is 1. The number of rotatable bonds is 31. The molecule has 3 nitrogen and oxygen atoms in total. The largest absolute Gasteiger partial charge is 0.481 e. The van der Waals surface area contributed by atoms with Crippen molar-refractivity contribution in [1.82, 2.24) is 0 Å². The van der Waals surface area contributed by atoms with E-state index in [0.29, 0.717) is 12.8 Å². The number of carbonyl (C=O) groups is 2. The molecule has 0 aliphatic carbocycles. The maximum absolute atomic E-state index is 12.5. The number of aliphatic carboxylic acids is 1. The molecule has 0 fully saturated rings. The van der Waals surface area contributed by atoms with Gasteiger partial charge in [0.25, 0.3) is 0 Å². The number of hydrogen-bond donors (Lipinski definition) is 1. The lowest BCUT2D eigenvalue weighted by Crippen LogP contribution is -2.23. The quantitative estimate of drug-likeness (QED) is 0.0534. The normalized spacial score (nSPS) is 12.6. The average molecular weight is 547 g/mol. The Morgan fingerprint density at radius 1 is 0.487 bits per heavy atom. The number of carboxylic acid groups (broad SMARTS) is 1. The van der Waals surface area contributed by atoms with Crippen molar-refractivity contribution in [1.29, 1.82) is 0 Å². The number of ketones is 1. The van der Waals surface area contributed by atoms with Gasteiger partial charge in [-0.3, -0.25) is 9.59 Å². The molecule has 228 valence electrons. The van der Waals surface area contributed by atoms with Crippen LogP contribution in [0.5, 0.6) is 0 Å². The highest BCUT2D eigenvalue weighted by Crippen LogP contribution is 2.17. The van der Waals surface area contributed by atoms with Gasteiger partial charge in [0.1, 0.15) is 11.7 Å². The van der Waals surface area contributed by atoms with E-state index < -0.39 is 11.9 Å². The van der Waals surface area contributed by atoms with E-state index in [9.17, 15) is 14.7 Å². The van der Waals surface area contributed by atoms with Gasteiger partial charge in [0, 0.05) is 6.42 Å². The molecule has 0 spiro atoms. The fourth-order valence-electron chi connectivity index (χ4n) is 5.21. The van der Waals surface area contributed by atoms with Crippen LogP contribution in [0.4, 0.5) is 0 Å². The SMILES string of the molecule is CCCCCCCCC=CCCCCCCCC(=O)C(CCCCCCC=CCCCCCCCC)C(=O)O. The molecule has 0 rings (SSSR count). The standard InChI is InChI=1S/C36H66O3/c1-3-5-7-9-11-13-15-17-19-21-23-25-27-29-31-33-35(37)34(36(38)39)32-30-28-26-24-22-20-18-16-14-12-10-8-6-4-2/h17-20,34H,3-16,21-33H2,1-2H3,(H,38,39). The summed E-state index contributed by atoms with van der Waals surface area (Å²) in [5.74, 6) is -1.78. The zero-order chi connectivity index (χ0) is 28.7. The monoisotopic (exact) mass is 547 g/mol. The third kappa shape index (κ3) is 28.0. The highest BCUT2D eigenvalue weighted by Gasteiger charge is 2.24. The van der Waals surface area contributed by atoms with Crippen LogP contribution < -0.4 is 0 Å². The van der Waals surface area contributed by atoms with E-state index in [4.69, 9.17) is 0 Å². The van der Waals surface area contributed by atoms with Crippen molar-refractivity contribution >= 4 is 11.8 Å². The summed E-state index contributed by atoms with van der Waals surface area (Å²) < 4.78 is 0. The third-order valence-electron chi connectivity index (χ3n) is 7.88. The molecule has 39 heavy (non-hydrogen) atoms. The van der Waals surface area contributed by atoms with Crippen LogP contribution in [0, 0.1) is 5.92 Å². The van der Waals surface area contributed by atoms with Crippen molar-refractivity contribution in [3.05, 3.63) is 24.3 Å². The van der Waals surface area contributed by atoms with Crippen LogP contribution in [0.1, 0.15) is 187 Å². The lowest BCUT2D eigenvalue weighted by atomic mass is 9.93. The summed E-state index contributed by atoms with van der Waals surface area (Å²) in [5.41, 5.74) is 0. The Morgan fingerprint density at radius 2 is 0.821 bits per heavy atom. The molecule has 0 aliphatic heterocycles. The van der Waals surface area contributed by atoms with Gasteiger partial charge in [-0.25, -0.2) is 0 Å². The fraction of sp³-hybridized carbons (Fsp3) is 0.833. The molecular formula is C36H66O3. The summed E-state index contributed by atoms with van der Waals surface area (Å²) in [7, 11) is 0. The molecule has 3 heteroatoms. The van der Waals surface area contributed by atoms with Gasteiger partial charge in [0.05, 0.1) is 0 Å². The van der Waals surface area contributed by atoms with Crippen LogP contribution in [0.2, 0.25) is 0 Å². The predicted octanol–water partition coefficient (Wildman–Crippen LogP) is 11.9. The first-order chi connectivity index (χ1) is 19.1. The Bertz CT molecular complexity index is 592. The molecule has 0 radical (unpaired) electrons. The Morgan fingerprint density at radius 3 is 1.21 bits per heavy atom. The summed E-state index contributed by atoms with van der Waals surface area (Å²) in [6.07, 6.45) is 40.8. The molecule has 0 saturated carbocycles. The molecule has 0 aliphatic rings. The molecule has 0 aromatic carbocycles. The Balaban J connectivity index is 3.64. The van der Waals surface area contributed by atoms with Crippen LogP contribution in [-0.4, -0.2) is 16.9 Å². The molecule has 0 amide bonds. The Labute approximate surface area is 243 Å². The minimum atomic E-state index is -0.926. The van der Waals surface area contributed by atoms with Crippen LogP contribution in [0.3, 0.4) is 0 Å². The van der Waals surface area contributed by atoms with Crippen molar-refractivity contribution in [2.24, 2.45) is 5.92 Å². The van der Waals surface area contributed by atoms with Gasteiger partial charge in [-0.2, -0.15) is 0 Å². The molecule has 0 aromatic rings. The summed E-state index contributed by atoms with van der Waals surface area (Å²) in [5, 5.41) is 9.54. The van der Waals surface area contributed by atoms with Crippen LogP contribution in [0.15, 0.2) is 24.3 Å². The van der Waals surface area contributed by atoms with Crippen LogP contribution in [-0.2, 0) is 9.59 Å². The number of allylic oxidation sites excluding steroid dienone is 4. The molecule has 1 N–H and O–H groups in total. The van der Waals surface area contributed by atoms with E-state index in [1.807, 2.05) is 0 Å². The number of unbranched alkanes of at least 4 members (excludes halogenated alkanes) is 21. The van der Waals surface area contributed by atoms with Crippen molar-refractivity contribution in [2.45, 2.75) is 187 Å². The third-order valence-corrected chi connectivity index (χ3v) is 7.88. The van der Waals surface area contributed by atoms with Gasteiger partial charge in [-0.15, -0.1) is 0 Å². The van der Waals surface area contributed by atoms with E-state index in [-0.39, 0.29) is 5.78 Å². The van der Waals surface area contributed by atoms with Crippen LogP contribution >= 0.6 is 0 Å². The molecular weight excluding hydrogens is 480 g/mol. The Hall–Kier alpha value is -1.38. The predicted molar refractivity (Wildman–Crippen MR) is 170 cm³/mol. The smallest absolute Gasteiger partial charge is 0.314 e. The highest BCUT2D eigenvalue weighted by molar-refractivity contribution is 5.98. The molecule has 1 unspecified atom stereocenters. The zero-order valence-electron chi connectivity index (χ0n) is 26.2.